The van der Waals surface area contributed by atoms with Crippen LogP contribution in [0, 0.1) is 18.3 Å². The van der Waals surface area contributed by atoms with E-state index in [2.05, 4.69) is 16.2 Å². The zero-order valence-electron chi connectivity index (χ0n) is 14.7. The van der Waals surface area contributed by atoms with Crippen LogP contribution in [0.15, 0.2) is 48.8 Å². The minimum Gasteiger partial charge on any atom is -0.478 e. The SMILES string of the molecule is Cc1nn(C)cc1-c1ccccc1-c1nc2cc(C(=O)O)ccn2c1C#N. The normalized spacial score (nSPS) is 10.9. The molecule has 0 saturated heterocycles. The second kappa shape index (κ2) is 6.11. The van der Waals surface area contributed by atoms with Crippen molar-refractivity contribution in [2.45, 2.75) is 6.92 Å². The molecule has 3 aromatic heterocycles. The number of aryl methyl sites for hydroxylation is 2. The molecule has 0 bridgehead atoms. The van der Waals surface area contributed by atoms with Crippen molar-refractivity contribution in [3.8, 4) is 28.5 Å². The molecule has 0 radical (unpaired) electrons. The maximum atomic E-state index is 11.2. The molecule has 0 aliphatic rings. The van der Waals surface area contributed by atoms with Crippen LogP contribution >= 0.6 is 0 Å². The minimum atomic E-state index is -1.04. The molecule has 0 saturated carbocycles. The zero-order valence-corrected chi connectivity index (χ0v) is 14.7. The first-order valence-electron chi connectivity index (χ1n) is 8.25. The van der Waals surface area contributed by atoms with Crippen molar-refractivity contribution in [2.75, 3.05) is 0 Å². The molecule has 7 heteroatoms. The van der Waals surface area contributed by atoms with Crippen molar-refractivity contribution in [1.82, 2.24) is 19.2 Å². The largest absolute Gasteiger partial charge is 0.478 e. The fraction of sp³-hybridized carbons (Fsp3) is 0.100. The third-order valence-electron chi connectivity index (χ3n) is 4.46. The van der Waals surface area contributed by atoms with Crippen LogP contribution in [0.1, 0.15) is 21.7 Å². The number of hydrogen-bond acceptors (Lipinski definition) is 4. The highest BCUT2D eigenvalue weighted by Gasteiger charge is 2.19. The first-order chi connectivity index (χ1) is 13.0. The van der Waals surface area contributed by atoms with E-state index in [-0.39, 0.29) is 5.56 Å². The van der Waals surface area contributed by atoms with Gasteiger partial charge in [0.2, 0.25) is 0 Å². The first kappa shape index (κ1) is 16.5. The second-order valence-electron chi connectivity index (χ2n) is 6.22. The van der Waals surface area contributed by atoms with Crippen molar-refractivity contribution in [2.24, 2.45) is 7.05 Å². The van der Waals surface area contributed by atoms with Crippen molar-refractivity contribution in [3.63, 3.8) is 0 Å². The third-order valence-corrected chi connectivity index (χ3v) is 4.46. The summed E-state index contributed by atoms with van der Waals surface area (Å²) in [6.07, 6.45) is 3.49. The van der Waals surface area contributed by atoms with Gasteiger partial charge >= 0.3 is 5.97 Å². The van der Waals surface area contributed by atoms with Gasteiger partial charge in [-0.25, -0.2) is 9.78 Å². The number of carboxylic acids is 1. The maximum absolute atomic E-state index is 11.2. The predicted octanol–water partition coefficient (Wildman–Crippen LogP) is 3.28. The Labute approximate surface area is 154 Å². The summed E-state index contributed by atoms with van der Waals surface area (Å²) in [5.41, 5.74) is 4.96. The van der Waals surface area contributed by atoms with Crippen LogP contribution in [-0.2, 0) is 7.05 Å². The molecule has 0 atom stereocenters. The number of nitrogens with zero attached hydrogens (tertiary/aromatic N) is 5. The number of aromatic nitrogens is 4. The van der Waals surface area contributed by atoms with Gasteiger partial charge in [-0.05, 0) is 24.6 Å². The quantitative estimate of drug-likeness (QED) is 0.607. The van der Waals surface area contributed by atoms with E-state index in [9.17, 15) is 15.2 Å². The Morgan fingerprint density at radius 3 is 2.56 bits per heavy atom. The number of pyridine rings is 1. The molecular formula is C20H15N5O2. The lowest BCUT2D eigenvalue weighted by molar-refractivity contribution is 0.0697. The van der Waals surface area contributed by atoms with Crippen LogP contribution in [0.5, 0.6) is 0 Å². The van der Waals surface area contributed by atoms with Crippen LogP contribution in [0.4, 0.5) is 0 Å². The molecule has 27 heavy (non-hydrogen) atoms. The number of imidazole rings is 1. The van der Waals surface area contributed by atoms with E-state index in [0.29, 0.717) is 17.0 Å². The highest BCUT2D eigenvalue weighted by atomic mass is 16.4. The monoisotopic (exact) mass is 357 g/mol. The van der Waals surface area contributed by atoms with Gasteiger partial charge in [0, 0.05) is 30.6 Å². The third kappa shape index (κ3) is 2.64. The van der Waals surface area contributed by atoms with Crippen LogP contribution in [0.3, 0.4) is 0 Å². The number of benzene rings is 1. The van der Waals surface area contributed by atoms with Crippen LogP contribution in [0.2, 0.25) is 0 Å². The molecular weight excluding hydrogens is 342 g/mol. The Balaban J connectivity index is 2.00. The Hall–Kier alpha value is -3.92. The molecule has 7 nitrogen and oxygen atoms in total. The summed E-state index contributed by atoms with van der Waals surface area (Å²) in [6.45, 7) is 1.93. The second-order valence-corrected chi connectivity index (χ2v) is 6.22. The fourth-order valence-corrected chi connectivity index (χ4v) is 3.26. The lowest BCUT2D eigenvalue weighted by atomic mass is 9.97. The summed E-state index contributed by atoms with van der Waals surface area (Å²) in [5, 5.41) is 23.3. The van der Waals surface area contributed by atoms with E-state index in [0.717, 1.165) is 22.4 Å². The summed E-state index contributed by atoms with van der Waals surface area (Å²) >= 11 is 0. The van der Waals surface area contributed by atoms with Gasteiger partial charge in [0.25, 0.3) is 0 Å². The molecule has 1 N–H and O–H groups in total. The number of hydrogen-bond donors (Lipinski definition) is 1. The Kier molecular flexibility index (Phi) is 3.74. The molecule has 0 fully saturated rings. The number of rotatable bonds is 3. The Bertz CT molecular complexity index is 1240. The molecule has 4 rings (SSSR count). The van der Waals surface area contributed by atoms with Gasteiger partial charge in [0.05, 0.1) is 11.3 Å². The summed E-state index contributed by atoms with van der Waals surface area (Å²) in [7, 11) is 1.86. The van der Waals surface area contributed by atoms with E-state index in [1.807, 2.05) is 44.4 Å². The minimum absolute atomic E-state index is 0.125. The molecule has 3 heterocycles. The van der Waals surface area contributed by atoms with E-state index in [4.69, 9.17) is 0 Å². The molecule has 0 aliphatic carbocycles. The molecule has 0 unspecified atom stereocenters. The van der Waals surface area contributed by atoms with E-state index in [1.54, 1.807) is 15.3 Å². The van der Waals surface area contributed by atoms with E-state index >= 15 is 0 Å². The van der Waals surface area contributed by atoms with Crippen LogP contribution in [-0.4, -0.2) is 30.2 Å². The van der Waals surface area contributed by atoms with E-state index in [1.165, 1.54) is 12.1 Å². The summed E-state index contributed by atoms with van der Waals surface area (Å²) < 4.78 is 3.35. The van der Waals surface area contributed by atoms with Gasteiger partial charge in [-0.15, -0.1) is 0 Å². The lowest BCUT2D eigenvalue weighted by Gasteiger charge is -2.07. The number of nitriles is 1. The zero-order chi connectivity index (χ0) is 19.1. The summed E-state index contributed by atoms with van der Waals surface area (Å²) in [6, 6.07) is 12.8. The van der Waals surface area contributed by atoms with E-state index < -0.39 is 5.97 Å². The topological polar surface area (TPSA) is 96.2 Å². The average molecular weight is 357 g/mol. The molecule has 0 aliphatic heterocycles. The van der Waals surface area contributed by atoms with Gasteiger partial charge in [-0.3, -0.25) is 9.08 Å². The average Bonchev–Trinajstić information content (AvgIpc) is 3.19. The highest BCUT2D eigenvalue weighted by Crippen LogP contribution is 2.35. The summed E-state index contributed by atoms with van der Waals surface area (Å²) in [4.78, 5) is 15.8. The van der Waals surface area contributed by atoms with Gasteiger partial charge in [-0.1, -0.05) is 24.3 Å². The molecule has 0 amide bonds. The highest BCUT2D eigenvalue weighted by molar-refractivity contribution is 5.90. The van der Waals surface area contributed by atoms with Crippen LogP contribution < -0.4 is 0 Å². The number of carbonyl (C=O) groups is 1. The molecule has 1 aromatic carbocycles. The standard InChI is InChI=1S/C20H15N5O2/c1-12-16(11-24(2)23-12)14-5-3-4-6-15(14)19-17(10-21)25-8-7-13(20(26)27)9-18(25)22-19/h3-9,11H,1-2H3,(H,26,27). The smallest absolute Gasteiger partial charge is 0.335 e. The molecule has 4 aromatic rings. The number of aromatic carboxylic acids is 1. The maximum Gasteiger partial charge on any atom is 0.335 e. The predicted molar refractivity (Wildman–Crippen MR) is 99.2 cm³/mol. The van der Waals surface area contributed by atoms with Gasteiger partial charge in [0.1, 0.15) is 17.4 Å². The van der Waals surface area contributed by atoms with Crippen molar-refractivity contribution in [3.05, 3.63) is 65.7 Å². The van der Waals surface area contributed by atoms with Crippen molar-refractivity contribution < 1.29 is 9.90 Å². The van der Waals surface area contributed by atoms with Gasteiger partial charge in [-0.2, -0.15) is 10.4 Å². The lowest BCUT2D eigenvalue weighted by Crippen LogP contribution is -1.98. The van der Waals surface area contributed by atoms with Gasteiger partial charge in [0.15, 0.2) is 5.69 Å². The molecule has 0 spiro atoms. The van der Waals surface area contributed by atoms with Crippen LogP contribution in [0.25, 0.3) is 28.0 Å². The number of carboxylic acid groups (broad SMARTS) is 1. The number of fused-ring (bicyclic) bond motifs is 1. The Morgan fingerprint density at radius 1 is 1.19 bits per heavy atom. The summed E-state index contributed by atoms with van der Waals surface area (Å²) in [5.74, 6) is -1.04. The molecule has 132 valence electrons. The fourth-order valence-electron chi connectivity index (χ4n) is 3.26. The van der Waals surface area contributed by atoms with Crippen molar-refractivity contribution in [1.29, 1.82) is 5.26 Å². The van der Waals surface area contributed by atoms with Crippen molar-refractivity contribution >= 4 is 11.6 Å². The van der Waals surface area contributed by atoms with Gasteiger partial charge < -0.3 is 5.11 Å². The Morgan fingerprint density at radius 2 is 1.93 bits per heavy atom. The first-order valence-corrected chi connectivity index (χ1v) is 8.25.